The topological polar surface area (TPSA) is 109 Å². The number of H-pyrrole nitrogens is 2. The lowest BCUT2D eigenvalue weighted by atomic mass is 10.3. The lowest BCUT2D eigenvalue weighted by molar-refractivity contribution is -0.108. The van der Waals surface area contributed by atoms with E-state index in [9.17, 15) is 14.4 Å². The smallest absolute Gasteiger partial charge is 0.263 e. The van der Waals surface area contributed by atoms with Crippen LogP contribution in [0.15, 0.2) is 24.8 Å². The van der Waals surface area contributed by atoms with Gasteiger partial charge in [0, 0.05) is 37.6 Å². The van der Waals surface area contributed by atoms with Gasteiger partial charge in [0.2, 0.25) is 0 Å². The maximum Gasteiger partial charge on any atom is 0.263 e. The van der Waals surface area contributed by atoms with Gasteiger partial charge in [0.05, 0.1) is 0 Å². The van der Waals surface area contributed by atoms with E-state index < -0.39 is 0 Å². The monoisotopic (exact) mass is 262 g/mol. The molecule has 0 amide bonds. The summed E-state index contributed by atoms with van der Waals surface area (Å²) in [6.45, 7) is 0. The summed E-state index contributed by atoms with van der Waals surface area (Å²) in [5.41, 5.74) is 0. The summed E-state index contributed by atoms with van der Waals surface area (Å²) in [7, 11) is 0. The number of carbonyl (C=O) groups is 3. The number of unbranched alkanes of at least 4 members (excludes halogenated alkanes) is 2. The van der Waals surface area contributed by atoms with Gasteiger partial charge in [-0.15, -0.1) is 0 Å². The van der Waals surface area contributed by atoms with Crippen molar-refractivity contribution >= 4 is 18.4 Å². The molecule has 2 N–H and O–H groups in total. The minimum atomic E-state index is -0.231. The van der Waals surface area contributed by atoms with Crippen molar-refractivity contribution < 1.29 is 14.4 Å². The average molecular weight is 262 g/mol. The summed E-state index contributed by atoms with van der Waals surface area (Å²) < 4.78 is 0. The molecule has 2 rings (SSSR count). The number of rotatable bonds is 6. The van der Waals surface area contributed by atoms with Gasteiger partial charge in [0.25, 0.3) is 5.78 Å². The van der Waals surface area contributed by atoms with Gasteiger partial charge in [-0.25, -0.2) is 9.97 Å². The zero-order chi connectivity index (χ0) is 13.9. The van der Waals surface area contributed by atoms with Crippen LogP contribution in [0.25, 0.3) is 0 Å². The van der Waals surface area contributed by atoms with Crippen LogP contribution >= 0.6 is 0 Å². The fourth-order valence-electron chi connectivity index (χ4n) is 1.18. The standard InChI is InChI=1S/C7H6N4O.C5H8O2/c12-5(6-8-1-2-9-6)7-10-3-4-11-7;6-4-2-1-3-5-7/h1-4H,(H,8,9)(H,10,11);4-5H,1-3H2. The second kappa shape index (κ2) is 8.51. The number of imidazole rings is 2. The number of aldehydes is 2. The van der Waals surface area contributed by atoms with Gasteiger partial charge >= 0.3 is 0 Å². The zero-order valence-corrected chi connectivity index (χ0v) is 10.2. The summed E-state index contributed by atoms with van der Waals surface area (Å²) in [5, 5.41) is 0. The van der Waals surface area contributed by atoms with Crippen LogP contribution in [-0.4, -0.2) is 38.3 Å². The first kappa shape index (κ1) is 14.5. The third-order valence-electron chi connectivity index (χ3n) is 2.07. The molecule has 0 aromatic carbocycles. The lowest BCUT2D eigenvalue weighted by Gasteiger charge is -1.89. The van der Waals surface area contributed by atoms with E-state index >= 15 is 0 Å². The first-order valence-electron chi connectivity index (χ1n) is 5.70. The van der Waals surface area contributed by atoms with Crippen molar-refractivity contribution in [1.29, 1.82) is 0 Å². The predicted molar refractivity (Wildman–Crippen MR) is 66.6 cm³/mol. The molecule has 7 nitrogen and oxygen atoms in total. The highest BCUT2D eigenvalue weighted by atomic mass is 16.1. The number of aromatic amines is 2. The van der Waals surface area contributed by atoms with Crippen molar-refractivity contribution in [3.05, 3.63) is 36.4 Å². The van der Waals surface area contributed by atoms with Gasteiger partial charge in [-0.05, 0) is 6.42 Å². The average Bonchev–Trinajstić information content (AvgIpc) is 3.13. The second-order valence-electron chi connectivity index (χ2n) is 3.47. The van der Waals surface area contributed by atoms with Crippen LogP contribution in [-0.2, 0) is 9.59 Å². The van der Waals surface area contributed by atoms with Crippen LogP contribution in [0.5, 0.6) is 0 Å². The van der Waals surface area contributed by atoms with Crippen LogP contribution in [0.4, 0.5) is 0 Å². The van der Waals surface area contributed by atoms with Gasteiger partial charge in [-0.2, -0.15) is 0 Å². The van der Waals surface area contributed by atoms with Crippen molar-refractivity contribution in [3.8, 4) is 0 Å². The molecule has 2 aromatic heterocycles. The Hall–Kier alpha value is -2.57. The Morgan fingerprint density at radius 3 is 1.79 bits per heavy atom. The maximum atomic E-state index is 11.4. The van der Waals surface area contributed by atoms with E-state index in [1.165, 1.54) is 12.4 Å². The van der Waals surface area contributed by atoms with Gasteiger partial charge in [-0.1, -0.05) is 0 Å². The first-order chi connectivity index (χ1) is 9.29. The predicted octanol–water partition coefficient (Wildman–Crippen LogP) is 0.918. The normalized spacial score (nSPS) is 9.26. The minimum Gasteiger partial charge on any atom is -0.342 e. The van der Waals surface area contributed by atoms with Gasteiger partial charge in [0.1, 0.15) is 12.6 Å². The zero-order valence-electron chi connectivity index (χ0n) is 10.2. The van der Waals surface area contributed by atoms with Crippen molar-refractivity contribution in [2.75, 3.05) is 0 Å². The maximum absolute atomic E-state index is 11.4. The molecule has 0 aliphatic heterocycles. The molecule has 0 radical (unpaired) electrons. The van der Waals surface area contributed by atoms with Crippen molar-refractivity contribution in [2.45, 2.75) is 19.3 Å². The fourth-order valence-corrected chi connectivity index (χ4v) is 1.18. The third-order valence-corrected chi connectivity index (χ3v) is 2.07. The molecule has 2 aromatic rings. The second-order valence-corrected chi connectivity index (χ2v) is 3.47. The molecule has 7 heteroatoms. The highest BCUT2D eigenvalue weighted by Gasteiger charge is 2.12. The summed E-state index contributed by atoms with van der Waals surface area (Å²) in [6, 6.07) is 0. The van der Waals surface area contributed by atoms with Crippen LogP contribution in [0.1, 0.15) is 35.7 Å². The van der Waals surface area contributed by atoms with E-state index in [0.717, 1.165) is 12.6 Å². The Labute approximate surface area is 109 Å². The number of ketones is 1. The molecule has 0 aliphatic rings. The molecule has 0 saturated heterocycles. The third kappa shape index (κ3) is 5.07. The van der Waals surface area contributed by atoms with Crippen molar-refractivity contribution in [1.82, 2.24) is 19.9 Å². The molecular formula is C12H14N4O3. The van der Waals surface area contributed by atoms with Crippen molar-refractivity contribution in [3.63, 3.8) is 0 Å². The molecule has 0 saturated carbocycles. The van der Waals surface area contributed by atoms with Gasteiger partial charge in [-0.3, -0.25) is 4.79 Å². The Morgan fingerprint density at radius 1 is 1.00 bits per heavy atom. The summed E-state index contributed by atoms with van der Waals surface area (Å²) >= 11 is 0. The molecule has 0 unspecified atom stereocenters. The van der Waals surface area contributed by atoms with E-state index in [4.69, 9.17) is 0 Å². The lowest BCUT2D eigenvalue weighted by Crippen LogP contribution is -2.05. The van der Waals surface area contributed by atoms with E-state index in [0.29, 0.717) is 30.9 Å². The molecule has 0 atom stereocenters. The molecule has 2 heterocycles. The number of nitrogens with one attached hydrogen (secondary N) is 2. The number of nitrogens with zero attached hydrogens (tertiary/aromatic N) is 2. The van der Waals surface area contributed by atoms with Gasteiger partial charge < -0.3 is 19.6 Å². The van der Waals surface area contributed by atoms with Crippen molar-refractivity contribution in [2.24, 2.45) is 0 Å². The number of aromatic nitrogens is 4. The summed E-state index contributed by atoms with van der Waals surface area (Å²) in [6.07, 6.45) is 9.61. The summed E-state index contributed by atoms with van der Waals surface area (Å²) in [5.74, 6) is 0.361. The van der Waals surface area contributed by atoms with Crippen LogP contribution < -0.4 is 0 Å². The fraction of sp³-hybridized carbons (Fsp3) is 0.250. The molecular weight excluding hydrogens is 248 g/mol. The Balaban J connectivity index is 0.000000224. The molecule has 0 fully saturated rings. The summed E-state index contributed by atoms with van der Waals surface area (Å²) in [4.78, 5) is 43.5. The van der Waals surface area contributed by atoms with Gasteiger partial charge in [0.15, 0.2) is 11.6 Å². The minimum absolute atomic E-state index is 0.231. The molecule has 100 valence electrons. The van der Waals surface area contributed by atoms with E-state index in [1.807, 2.05) is 0 Å². The highest BCUT2D eigenvalue weighted by Crippen LogP contribution is 1.98. The largest absolute Gasteiger partial charge is 0.342 e. The van der Waals surface area contributed by atoms with Crippen LogP contribution in [0, 0.1) is 0 Å². The highest BCUT2D eigenvalue weighted by molar-refractivity contribution is 6.03. The SMILES string of the molecule is O=C(c1ncc[nH]1)c1ncc[nH]1.O=CCCCC=O. The van der Waals surface area contributed by atoms with Crippen LogP contribution in [0.2, 0.25) is 0 Å². The molecule has 0 aliphatic carbocycles. The quantitative estimate of drug-likeness (QED) is 0.457. The number of hydrogen-bond donors (Lipinski definition) is 2. The Kier molecular flexibility index (Phi) is 6.49. The van der Waals surface area contributed by atoms with Crippen LogP contribution in [0.3, 0.4) is 0 Å². The number of hydrogen-bond acceptors (Lipinski definition) is 5. The molecule has 0 bridgehead atoms. The molecule has 0 spiro atoms. The Morgan fingerprint density at radius 2 is 1.47 bits per heavy atom. The number of carbonyl (C=O) groups excluding carboxylic acids is 3. The first-order valence-corrected chi connectivity index (χ1v) is 5.70. The Bertz CT molecular complexity index is 447. The van der Waals surface area contributed by atoms with E-state index in [-0.39, 0.29) is 5.78 Å². The van der Waals surface area contributed by atoms with E-state index in [1.54, 1.807) is 12.4 Å². The molecule has 19 heavy (non-hydrogen) atoms. The van der Waals surface area contributed by atoms with E-state index in [2.05, 4.69) is 19.9 Å².